The standard InChI is InChI=1S/C18H26N2O/c1-13-11-17(2,3)9-10-18(13,21)12-16-19-14-7-5-6-8-15(14)20(16)4/h5-8,13,21H,9-12H2,1-4H3. The van der Waals surface area contributed by atoms with Crippen LogP contribution in [0.15, 0.2) is 24.3 Å². The summed E-state index contributed by atoms with van der Waals surface area (Å²) in [6.07, 6.45) is 3.67. The smallest absolute Gasteiger partial charge is 0.112 e. The molecule has 3 nitrogen and oxygen atoms in total. The topological polar surface area (TPSA) is 38.1 Å². The van der Waals surface area contributed by atoms with Crippen LogP contribution in [-0.2, 0) is 13.5 Å². The second-order valence-electron chi connectivity index (χ2n) is 7.63. The predicted octanol–water partition coefficient (Wildman–Crippen LogP) is 3.69. The molecule has 1 aliphatic rings. The van der Waals surface area contributed by atoms with E-state index in [9.17, 15) is 5.11 Å². The SMILES string of the molecule is CC1CC(C)(C)CCC1(O)Cc1nc2ccccc2n1C. The lowest BCUT2D eigenvalue weighted by Crippen LogP contribution is -2.46. The molecule has 0 saturated heterocycles. The highest BCUT2D eigenvalue weighted by molar-refractivity contribution is 5.75. The van der Waals surface area contributed by atoms with Gasteiger partial charge in [-0.25, -0.2) is 4.98 Å². The Labute approximate surface area is 127 Å². The highest BCUT2D eigenvalue weighted by Gasteiger charge is 2.43. The van der Waals surface area contributed by atoms with Gasteiger partial charge < -0.3 is 9.67 Å². The van der Waals surface area contributed by atoms with E-state index < -0.39 is 5.60 Å². The number of nitrogens with zero attached hydrogens (tertiary/aromatic N) is 2. The minimum Gasteiger partial charge on any atom is -0.389 e. The van der Waals surface area contributed by atoms with Gasteiger partial charge in [0.05, 0.1) is 16.6 Å². The fourth-order valence-corrected chi connectivity index (χ4v) is 3.81. The number of hydrogen-bond donors (Lipinski definition) is 1. The van der Waals surface area contributed by atoms with Crippen LogP contribution in [0.3, 0.4) is 0 Å². The molecule has 2 aromatic rings. The highest BCUT2D eigenvalue weighted by atomic mass is 16.3. The Hall–Kier alpha value is -1.35. The fourth-order valence-electron chi connectivity index (χ4n) is 3.81. The molecule has 1 aliphatic carbocycles. The van der Waals surface area contributed by atoms with Crippen LogP contribution in [0.25, 0.3) is 11.0 Å². The Morgan fingerprint density at radius 1 is 1.29 bits per heavy atom. The summed E-state index contributed by atoms with van der Waals surface area (Å²) < 4.78 is 2.12. The first kappa shape index (κ1) is 14.6. The Balaban J connectivity index is 1.89. The van der Waals surface area contributed by atoms with E-state index in [4.69, 9.17) is 4.98 Å². The highest BCUT2D eigenvalue weighted by Crippen LogP contribution is 2.45. The van der Waals surface area contributed by atoms with Crippen molar-refractivity contribution in [2.24, 2.45) is 18.4 Å². The van der Waals surface area contributed by atoms with Crippen LogP contribution in [0.2, 0.25) is 0 Å². The number of aryl methyl sites for hydroxylation is 1. The molecule has 21 heavy (non-hydrogen) atoms. The van der Waals surface area contributed by atoms with Gasteiger partial charge in [0.2, 0.25) is 0 Å². The first-order chi connectivity index (χ1) is 9.81. The van der Waals surface area contributed by atoms with Crippen LogP contribution in [0.5, 0.6) is 0 Å². The van der Waals surface area contributed by atoms with E-state index in [2.05, 4.69) is 31.4 Å². The summed E-state index contributed by atoms with van der Waals surface area (Å²) in [7, 11) is 2.05. The van der Waals surface area contributed by atoms with Crippen LogP contribution >= 0.6 is 0 Å². The molecule has 3 heteroatoms. The van der Waals surface area contributed by atoms with Crippen molar-refractivity contribution >= 4 is 11.0 Å². The van der Waals surface area contributed by atoms with Crippen LogP contribution < -0.4 is 0 Å². The summed E-state index contributed by atoms with van der Waals surface area (Å²) in [5, 5.41) is 11.1. The van der Waals surface area contributed by atoms with Crippen LogP contribution in [0.1, 0.15) is 45.9 Å². The number of fused-ring (bicyclic) bond motifs is 1. The average molecular weight is 286 g/mol. The molecule has 3 rings (SSSR count). The van der Waals surface area contributed by atoms with Gasteiger partial charge in [0, 0.05) is 13.5 Å². The summed E-state index contributed by atoms with van der Waals surface area (Å²) in [6, 6.07) is 8.17. The molecule has 2 atom stereocenters. The van der Waals surface area contributed by atoms with Crippen molar-refractivity contribution in [3.05, 3.63) is 30.1 Å². The molecule has 0 spiro atoms. The first-order valence-electron chi connectivity index (χ1n) is 7.93. The predicted molar refractivity (Wildman–Crippen MR) is 86.2 cm³/mol. The van der Waals surface area contributed by atoms with Gasteiger partial charge in [0.1, 0.15) is 5.82 Å². The van der Waals surface area contributed by atoms with Crippen molar-refractivity contribution in [3.63, 3.8) is 0 Å². The van der Waals surface area contributed by atoms with Crippen molar-refractivity contribution in [3.8, 4) is 0 Å². The van der Waals surface area contributed by atoms with Gasteiger partial charge in [-0.05, 0) is 42.7 Å². The summed E-state index contributed by atoms with van der Waals surface area (Å²) in [5.74, 6) is 1.30. The van der Waals surface area contributed by atoms with E-state index in [0.29, 0.717) is 17.8 Å². The second-order valence-corrected chi connectivity index (χ2v) is 7.63. The van der Waals surface area contributed by atoms with Crippen molar-refractivity contribution in [1.82, 2.24) is 9.55 Å². The van der Waals surface area contributed by atoms with Gasteiger partial charge in [-0.3, -0.25) is 0 Å². The lowest BCUT2D eigenvalue weighted by atomic mass is 9.64. The van der Waals surface area contributed by atoms with E-state index in [1.807, 2.05) is 25.2 Å². The van der Waals surface area contributed by atoms with E-state index in [1.165, 1.54) is 0 Å². The van der Waals surface area contributed by atoms with Gasteiger partial charge in [-0.1, -0.05) is 32.9 Å². The molecule has 0 aliphatic heterocycles. The largest absolute Gasteiger partial charge is 0.389 e. The quantitative estimate of drug-likeness (QED) is 0.914. The van der Waals surface area contributed by atoms with E-state index in [0.717, 1.165) is 36.1 Å². The number of aliphatic hydroxyl groups is 1. The monoisotopic (exact) mass is 286 g/mol. The molecule has 1 fully saturated rings. The molecule has 0 bridgehead atoms. The maximum absolute atomic E-state index is 11.1. The van der Waals surface area contributed by atoms with Crippen molar-refractivity contribution < 1.29 is 5.11 Å². The molecule has 1 N–H and O–H groups in total. The fraction of sp³-hybridized carbons (Fsp3) is 0.611. The normalized spacial score (nSPS) is 28.9. The molecular weight excluding hydrogens is 260 g/mol. The van der Waals surface area contributed by atoms with Gasteiger partial charge in [-0.15, -0.1) is 0 Å². The Kier molecular flexibility index (Phi) is 3.36. The second kappa shape index (κ2) is 4.84. The number of hydrogen-bond acceptors (Lipinski definition) is 2. The number of rotatable bonds is 2. The third-order valence-electron chi connectivity index (χ3n) is 5.35. The van der Waals surface area contributed by atoms with Gasteiger partial charge >= 0.3 is 0 Å². The third-order valence-corrected chi connectivity index (χ3v) is 5.35. The van der Waals surface area contributed by atoms with Crippen molar-refractivity contribution in [2.45, 2.75) is 52.1 Å². The van der Waals surface area contributed by atoms with Crippen molar-refractivity contribution in [2.75, 3.05) is 0 Å². The summed E-state index contributed by atoms with van der Waals surface area (Å²) in [5.41, 5.74) is 1.88. The lowest BCUT2D eigenvalue weighted by Gasteiger charge is -2.45. The Morgan fingerprint density at radius 2 is 2.00 bits per heavy atom. The minimum atomic E-state index is -0.620. The summed E-state index contributed by atoms with van der Waals surface area (Å²) in [4.78, 5) is 4.73. The molecule has 1 aromatic heterocycles. The maximum Gasteiger partial charge on any atom is 0.112 e. The molecule has 0 amide bonds. The van der Waals surface area contributed by atoms with Crippen molar-refractivity contribution in [1.29, 1.82) is 0 Å². The number of imidazole rings is 1. The minimum absolute atomic E-state index is 0.307. The molecule has 2 unspecified atom stereocenters. The zero-order valence-electron chi connectivity index (χ0n) is 13.6. The van der Waals surface area contributed by atoms with Crippen LogP contribution in [-0.4, -0.2) is 20.3 Å². The molecule has 1 saturated carbocycles. The van der Waals surface area contributed by atoms with Gasteiger partial charge in [-0.2, -0.15) is 0 Å². The third kappa shape index (κ3) is 2.59. The number of para-hydroxylation sites is 2. The molecule has 114 valence electrons. The molecular formula is C18H26N2O. The maximum atomic E-state index is 11.1. The van der Waals surface area contributed by atoms with Gasteiger partial charge in [0.25, 0.3) is 0 Å². The number of benzene rings is 1. The van der Waals surface area contributed by atoms with Crippen LogP contribution in [0, 0.1) is 11.3 Å². The zero-order valence-corrected chi connectivity index (χ0v) is 13.6. The Bertz CT molecular complexity index is 658. The first-order valence-corrected chi connectivity index (χ1v) is 7.93. The molecule has 1 heterocycles. The van der Waals surface area contributed by atoms with Gasteiger partial charge in [0.15, 0.2) is 0 Å². The lowest BCUT2D eigenvalue weighted by molar-refractivity contribution is -0.0719. The molecule has 1 aromatic carbocycles. The summed E-state index contributed by atoms with van der Waals surface area (Å²) >= 11 is 0. The summed E-state index contributed by atoms with van der Waals surface area (Å²) in [6.45, 7) is 6.79. The average Bonchev–Trinajstić information content (AvgIpc) is 2.72. The van der Waals surface area contributed by atoms with Crippen LogP contribution in [0.4, 0.5) is 0 Å². The Morgan fingerprint density at radius 3 is 2.67 bits per heavy atom. The van der Waals surface area contributed by atoms with E-state index in [-0.39, 0.29) is 0 Å². The van der Waals surface area contributed by atoms with E-state index in [1.54, 1.807) is 0 Å². The number of aromatic nitrogens is 2. The molecule has 0 radical (unpaired) electrons. The van der Waals surface area contributed by atoms with E-state index >= 15 is 0 Å². The zero-order chi connectivity index (χ0) is 15.3.